The second-order valence-electron chi connectivity index (χ2n) is 2.41. The number of carbonyl (C=O) groups is 2. The van der Waals surface area contributed by atoms with Crippen molar-refractivity contribution >= 4 is 12.3 Å². The highest BCUT2D eigenvalue weighted by Gasteiger charge is 2.00. The van der Waals surface area contributed by atoms with Gasteiger partial charge in [0.15, 0.2) is 6.29 Å². The van der Waals surface area contributed by atoms with Crippen LogP contribution >= 0.6 is 0 Å². The van der Waals surface area contributed by atoms with Gasteiger partial charge in [0.1, 0.15) is 5.82 Å². The van der Waals surface area contributed by atoms with E-state index in [0.717, 1.165) is 6.07 Å². The molecule has 0 aliphatic carbocycles. The summed E-state index contributed by atoms with van der Waals surface area (Å²) in [4.78, 5) is 20.4. The van der Waals surface area contributed by atoms with Crippen LogP contribution in [0.5, 0.6) is 0 Å². The van der Waals surface area contributed by atoms with E-state index in [1.54, 1.807) is 0 Å². The number of hydrogen-bond acceptors (Lipinski definition) is 2. The van der Waals surface area contributed by atoms with Gasteiger partial charge in [0.25, 0.3) is 0 Å². The number of rotatable bonds is 1. The molecule has 1 aromatic rings. The third-order valence-electron chi connectivity index (χ3n) is 1.44. The molecule has 0 saturated heterocycles. The Morgan fingerprint density at radius 2 is 2.21 bits per heavy atom. The Morgan fingerprint density at radius 1 is 1.50 bits per heavy atom. The van der Waals surface area contributed by atoms with Crippen LogP contribution in [-0.4, -0.2) is 17.4 Å². The summed E-state index contributed by atoms with van der Waals surface area (Å²) in [5.41, 5.74) is 0.151. The average Bonchev–Trinajstić information content (AvgIpc) is 2.16. The summed E-state index contributed by atoms with van der Waals surface area (Å²) >= 11 is 0. The number of aliphatic carboxylic acids is 1. The zero-order valence-electron chi connectivity index (χ0n) is 6.95. The molecule has 14 heavy (non-hydrogen) atoms. The Balaban J connectivity index is 3.09. The highest BCUT2D eigenvalue weighted by atomic mass is 19.1. The van der Waals surface area contributed by atoms with Crippen molar-refractivity contribution in [2.24, 2.45) is 0 Å². The molecule has 0 radical (unpaired) electrons. The Bertz CT molecular complexity index is 440. The first-order chi connectivity index (χ1) is 6.63. The number of benzene rings is 1. The molecule has 0 aliphatic rings. The summed E-state index contributed by atoms with van der Waals surface area (Å²) in [5.74, 6) is 2.20. The van der Waals surface area contributed by atoms with Gasteiger partial charge in [-0.3, -0.25) is 4.79 Å². The molecule has 0 amide bonds. The molecule has 1 rings (SSSR count). The standard InChI is InChI=1S/C10H5FO3/c11-9-3-1-7(2-4-10(13)14)5-8(9)6-12/h1,3,5-6H,(H,13,14). The van der Waals surface area contributed by atoms with Gasteiger partial charge in [-0.05, 0) is 18.2 Å². The molecule has 0 heterocycles. The summed E-state index contributed by atoms with van der Waals surface area (Å²) in [6.45, 7) is 0. The van der Waals surface area contributed by atoms with Gasteiger partial charge in [-0.25, -0.2) is 9.18 Å². The lowest BCUT2D eigenvalue weighted by molar-refractivity contribution is -0.130. The van der Waals surface area contributed by atoms with Crippen LogP contribution in [0, 0.1) is 17.7 Å². The molecule has 0 aromatic heterocycles. The van der Waals surface area contributed by atoms with Crippen LogP contribution in [-0.2, 0) is 4.79 Å². The fraction of sp³-hybridized carbons (Fsp3) is 0. The second kappa shape index (κ2) is 4.19. The van der Waals surface area contributed by atoms with E-state index in [-0.39, 0.29) is 11.1 Å². The van der Waals surface area contributed by atoms with E-state index in [1.165, 1.54) is 12.1 Å². The lowest BCUT2D eigenvalue weighted by Gasteiger charge is -1.94. The summed E-state index contributed by atoms with van der Waals surface area (Å²) < 4.78 is 12.8. The lowest BCUT2D eigenvalue weighted by Crippen LogP contribution is -1.90. The van der Waals surface area contributed by atoms with Gasteiger partial charge in [-0.15, -0.1) is 0 Å². The number of halogens is 1. The summed E-state index contributed by atoms with van der Waals surface area (Å²) in [7, 11) is 0. The van der Waals surface area contributed by atoms with Gasteiger partial charge < -0.3 is 5.11 Å². The molecule has 70 valence electrons. The molecule has 1 N–H and O–H groups in total. The molecular formula is C10H5FO3. The predicted molar refractivity (Wildman–Crippen MR) is 46.3 cm³/mol. The fourth-order valence-electron chi connectivity index (χ4n) is 0.837. The van der Waals surface area contributed by atoms with E-state index in [4.69, 9.17) is 5.11 Å². The van der Waals surface area contributed by atoms with E-state index in [0.29, 0.717) is 6.29 Å². The third-order valence-corrected chi connectivity index (χ3v) is 1.44. The molecule has 4 heteroatoms. The highest BCUT2D eigenvalue weighted by molar-refractivity contribution is 5.87. The van der Waals surface area contributed by atoms with Crippen molar-refractivity contribution in [1.82, 2.24) is 0 Å². The smallest absolute Gasteiger partial charge is 0.382 e. The predicted octanol–water partition coefficient (Wildman–Crippen LogP) is 1.07. The van der Waals surface area contributed by atoms with E-state index < -0.39 is 11.8 Å². The van der Waals surface area contributed by atoms with Crippen LogP contribution in [0.25, 0.3) is 0 Å². The molecule has 0 aliphatic heterocycles. The van der Waals surface area contributed by atoms with Gasteiger partial charge in [0.05, 0.1) is 5.56 Å². The van der Waals surface area contributed by atoms with Crippen LogP contribution in [0.1, 0.15) is 15.9 Å². The van der Waals surface area contributed by atoms with Gasteiger partial charge in [0, 0.05) is 11.5 Å². The van der Waals surface area contributed by atoms with Crippen molar-refractivity contribution < 1.29 is 19.1 Å². The first kappa shape index (κ1) is 9.93. The minimum Gasteiger partial charge on any atom is -0.472 e. The zero-order valence-corrected chi connectivity index (χ0v) is 6.95. The van der Waals surface area contributed by atoms with Gasteiger partial charge in [-0.2, -0.15) is 0 Å². The lowest BCUT2D eigenvalue weighted by atomic mass is 10.1. The van der Waals surface area contributed by atoms with E-state index in [9.17, 15) is 14.0 Å². The van der Waals surface area contributed by atoms with Crippen LogP contribution < -0.4 is 0 Å². The minimum absolute atomic E-state index is 0.137. The molecule has 0 saturated carbocycles. The summed E-state index contributed by atoms with van der Waals surface area (Å²) in [6, 6.07) is 3.56. The van der Waals surface area contributed by atoms with Crippen molar-refractivity contribution in [2.75, 3.05) is 0 Å². The molecule has 0 unspecified atom stereocenters. The van der Waals surface area contributed by atoms with Gasteiger partial charge in [-0.1, -0.05) is 5.92 Å². The number of aldehydes is 1. The topological polar surface area (TPSA) is 54.4 Å². The number of carboxylic acids is 1. The zero-order chi connectivity index (χ0) is 10.6. The maximum absolute atomic E-state index is 12.8. The Hall–Kier alpha value is -2.15. The summed E-state index contributed by atoms with van der Waals surface area (Å²) in [6.07, 6.45) is 0.348. The van der Waals surface area contributed by atoms with Crippen molar-refractivity contribution in [3.05, 3.63) is 35.1 Å². The van der Waals surface area contributed by atoms with Gasteiger partial charge in [0.2, 0.25) is 0 Å². The molecule has 0 spiro atoms. The van der Waals surface area contributed by atoms with Crippen LogP contribution in [0.2, 0.25) is 0 Å². The second-order valence-corrected chi connectivity index (χ2v) is 2.41. The van der Waals surface area contributed by atoms with Crippen LogP contribution in [0.4, 0.5) is 4.39 Å². The van der Waals surface area contributed by atoms with Crippen molar-refractivity contribution in [2.45, 2.75) is 0 Å². The maximum Gasteiger partial charge on any atom is 0.382 e. The molecule has 1 aromatic carbocycles. The Morgan fingerprint density at radius 3 is 2.79 bits per heavy atom. The first-order valence-corrected chi connectivity index (χ1v) is 3.63. The van der Waals surface area contributed by atoms with Crippen molar-refractivity contribution in [1.29, 1.82) is 0 Å². The first-order valence-electron chi connectivity index (χ1n) is 3.63. The van der Waals surface area contributed by atoms with E-state index >= 15 is 0 Å². The van der Waals surface area contributed by atoms with E-state index in [1.807, 2.05) is 5.92 Å². The quantitative estimate of drug-likeness (QED) is 0.535. The third kappa shape index (κ3) is 2.42. The number of carbonyl (C=O) groups excluding carboxylic acids is 1. The van der Waals surface area contributed by atoms with Gasteiger partial charge >= 0.3 is 5.97 Å². The maximum atomic E-state index is 12.8. The average molecular weight is 192 g/mol. The Kier molecular flexibility index (Phi) is 2.97. The monoisotopic (exact) mass is 192 g/mol. The molecule has 0 atom stereocenters. The number of hydrogen-bond donors (Lipinski definition) is 1. The molecule has 0 bridgehead atoms. The molecule has 0 fully saturated rings. The van der Waals surface area contributed by atoms with Crippen molar-refractivity contribution in [3.8, 4) is 11.8 Å². The normalized spacial score (nSPS) is 8.64. The van der Waals surface area contributed by atoms with Crippen molar-refractivity contribution in [3.63, 3.8) is 0 Å². The Labute approximate surface area is 79.2 Å². The highest BCUT2D eigenvalue weighted by Crippen LogP contribution is 2.07. The SMILES string of the molecule is O=Cc1cc(C#CC(=O)O)ccc1F. The largest absolute Gasteiger partial charge is 0.472 e. The molecular weight excluding hydrogens is 187 g/mol. The molecule has 3 nitrogen and oxygen atoms in total. The number of carboxylic acid groups (broad SMARTS) is 1. The van der Waals surface area contributed by atoms with Crippen LogP contribution in [0.15, 0.2) is 18.2 Å². The fourth-order valence-corrected chi connectivity index (χ4v) is 0.837. The van der Waals surface area contributed by atoms with Crippen LogP contribution in [0.3, 0.4) is 0 Å². The van der Waals surface area contributed by atoms with E-state index in [2.05, 4.69) is 5.92 Å². The summed E-state index contributed by atoms with van der Waals surface area (Å²) in [5, 5.41) is 8.24. The minimum atomic E-state index is -1.28.